The lowest BCUT2D eigenvalue weighted by Gasteiger charge is -2.16. The van der Waals surface area contributed by atoms with Crippen LogP contribution in [0, 0.1) is 0 Å². The van der Waals surface area contributed by atoms with Crippen molar-refractivity contribution in [2.75, 3.05) is 19.6 Å². The number of rotatable bonds is 6. The molecule has 0 saturated carbocycles. The van der Waals surface area contributed by atoms with E-state index in [-0.39, 0.29) is 16.0 Å². The van der Waals surface area contributed by atoms with Crippen LogP contribution in [-0.4, -0.2) is 50.1 Å². The van der Waals surface area contributed by atoms with Gasteiger partial charge in [0, 0.05) is 24.2 Å². The fraction of sp³-hybridized carbons (Fsp3) is 0.286. The summed E-state index contributed by atoms with van der Waals surface area (Å²) in [6.45, 7) is 0.254. The van der Waals surface area contributed by atoms with Crippen molar-refractivity contribution >= 4 is 27.7 Å². The summed E-state index contributed by atoms with van der Waals surface area (Å²) in [6, 6.07) is 8.78. The summed E-state index contributed by atoms with van der Waals surface area (Å²) >= 11 is 0. The monoisotopic (exact) mass is 498 g/mol. The van der Waals surface area contributed by atoms with Crippen LogP contribution in [0.2, 0.25) is 0 Å². The van der Waals surface area contributed by atoms with Crippen molar-refractivity contribution in [3.05, 3.63) is 65.2 Å². The molecular weight excluding hydrogens is 477 g/mol. The van der Waals surface area contributed by atoms with Crippen LogP contribution in [0.1, 0.15) is 39.1 Å². The van der Waals surface area contributed by atoms with E-state index in [0.717, 1.165) is 37.1 Å². The normalized spacial score (nSPS) is 14.4. The van der Waals surface area contributed by atoms with Crippen LogP contribution in [0.25, 0.3) is 0 Å². The van der Waals surface area contributed by atoms with Crippen LogP contribution in [-0.2, 0) is 21.0 Å². The number of nitrogens with one attached hydrogen (secondary N) is 3. The highest BCUT2D eigenvalue weighted by molar-refractivity contribution is 7.89. The van der Waals surface area contributed by atoms with Gasteiger partial charge in [-0.1, -0.05) is 6.07 Å². The maximum atomic E-state index is 12.6. The minimum atomic E-state index is -4.54. The van der Waals surface area contributed by atoms with Crippen molar-refractivity contribution in [2.45, 2.75) is 23.9 Å². The Balaban J connectivity index is 1.51. The Morgan fingerprint density at radius 1 is 0.882 bits per heavy atom. The number of carbonyl (C=O) groups excluding carboxylic acids is 3. The number of hydrogen-bond acceptors (Lipinski definition) is 5. The smallest absolute Gasteiger partial charge is 0.343 e. The molecule has 34 heavy (non-hydrogen) atoms. The van der Waals surface area contributed by atoms with Crippen LogP contribution in [0.15, 0.2) is 53.4 Å². The van der Waals surface area contributed by atoms with Crippen molar-refractivity contribution in [1.29, 1.82) is 0 Å². The Morgan fingerprint density at radius 3 is 2.15 bits per heavy atom. The number of amides is 3. The van der Waals surface area contributed by atoms with E-state index in [1.165, 1.54) is 28.6 Å². The first-order valence-electron chi connectivity index (χ1n) is 10.1. The van der Waals surface area contributed by atoms with Gasteiger partial charge >= 0.3 is 6.18 Å². The number of alkyl halides is 3. The fourth-order valence-corrected chi connectivity index (χ4v) is 4.75. The van der Waals surface area contributed by atoms with Gasteiger partial charge in [-0.15, -0.1) is 0 Å². The number of sulfonamides is 1. The number of hydrazine groups is 1. The highest BCUT2D eigenvalue weighted by Gasteiger charge is 2.30. The number of benzene rings is 2. The minimum Gasteiger partial charge on any atom is -0.343 e. The van der Waals surface area contributed by atoms with Crippen molar-refractivity contribution in [2.24, 2.45) is 0 Å². The SMILES string of the molecule is O=C(CNC(=O)c1ccc(C(F)(F)F)cc1)NNC(=O)c1cccc(S(=O)(=O)N2CCCC2)c1. The molecule has 0 unspecified atom stereocenters. The van der Waals surface area contributed by atoms with Gasteiger partial charge in [0.25, 0.3) is 17.7 Å². The molecular formula is C21H21F3N4O5S. The molecule has 0 bridgehead atoms. The molecule has 1 aliphatic rings. The molecule has 0 atom stereocenters. The lowest BCUT2D eigenvalue weighted by molar-refractivity contribution is -0.137. The summed E-state index contributed by atoms with van der Waals surface area (Å²) < 4.78 is 64.3. The van der Waals surface area contributed by atoms with Gasteiger partial charge in [-0.25, -0.2) is 8.42 Å². The van der Waals surface area contributed by atoms with E-state index < -0.39 is 46.0 Å². The standard InChI is InChI=1S/C21H21F3N4O5S/c22-21(23,24)16-8-6-14(7-9-16)19(30)25-13-18(29)26-27-20(31)15-4-3-5-17(12-15)34(32,33)28-10-1-2-11-28/h3-9,12H,1-2,10-11,13H2,(H,25,30)(H,26,29)(H,27,31). The molecule has 0 aliphatic carbocycles. The molecule has 3 N–H and O–H groups in total. The maximum absolute atomic E-state index is 12.6. The van der Waals surface area contributed by atoms with E-state index in [0.29, 0.717) is 13.1 Å². The Hall–Kier alpha value is -3.45. The Bertz CT molecular complexity index is 1180. The molecule has 2 aromatic carbocycles. The van der Waals surface area contributed by atoms with E-state index in [4.69, 9.17) is 0 Å². The van der Waals surface area contributed by atoms with Crippen molar-refractivity contribution < 1.29 is 36.0 Å². The van der Waals surface area contributed by atoms with Gasteiger partial charge in [0.15, 0.2) is 0 Å². The molecule has 1 aliphatic heterocycles. The highest BCUT2D eigenvalue weighted by atomic mass is 32.2. The van der Waals surface area contributed by atoms with E-state index in [9.17, 15) is 36.0 Å². The second-order valence-electron chi connectivity index (χ2n) is 7.40. The van der Waals surface area contributed by atoms with Crippen LogP contribution in [0.4, 0.5) is 13.2 Å². The van der Waals surface area contributed by atoms with Crippen LogP contribution >= 0.6 is 0 Å². The van der Waals surface area contributed by atoms with E-state index >= 15 is 0 Å². The lowest BCUT2D eigenvalue weighted by atomic mass is 10.1. The highest BCUT2D eigenvalue weighted by Crippen LogP contribution is 2.29. The summed E-state index contributed by atoms with van der Waals surface area (Å²) in [5.74, 6) is -2.37. The number of nitrogens with zero attached hydrogens (tertiary/aromatic N) is 1. The quantitative estimate of drug-likeness (QED) is 0.523. The molecule has 182 valence electrons. The zero-order valence-electron chi connectivity index (χ0n) is 17.7. The van der Waals surface area contributed by atoms with Crippen LogP contribution in [0.3, 0.4) is 0 Å². The van der Waals surface area contributed by atoms with Gasteiger partial charge in [-0.3, -0.25) is 25.2 Å². The molecule has 0 radical (unpaired) electrons. The first-order valence-corrected chi connectivity index (χ1v) is 11.6. The topological polar surface area (TPSA) is 125 Å². The van der Waals surface area contributed by atoms with Crippen LogP contribution in [0.5, 0.6) is 0 Å². The van der Waals surface area contributed by atoms with Crippen molar-refractivity contribution in [3.63, 3.8) is 0 Å². The molecule has 1 fully saturated rings. The van der Waals surface area contributed by atoms with Gasteiger partial charge in [-0.05, 0) is 55.3 Å². The van der Waals surface area contributed by atoms with E-state index in [1.807, 2.05) is 0 Å². The molecule has 13 heteroatoms. The lowest BCUT2D eigenvalue weighted by Crippen LogP contribution is -2.46. The summed E-state index contributed by atoms with van der Waals surface area (Å²) in [6.07, 6.45) is -3.01. The largest absolute Gasteiger partial charge is 0.416 e. The minimum absolute atomic E-state index is 0.00522. The molecule has 3 rings (SSSR count). The summed E-state index contributed by atoms with van der Waals surface area (Å²) in [7, 11) is -3.73. The zero-order chi connectivity index (χ0) is 24.9. The Kier molecular flexibility index (Phi) is 7.57. The fourth-order valence-electron chi connectivity index (χ4n) is 3.19. The van der Waals surface area contributed by atoms with E-state index in [1.54, 1.807) is 0 Å². The van der Waals surface area contributed by atoms with Crippen molar-refractivity contribution in [1.82, 2.24) is 20.5 Å². The van der Waals surface area contributed by atoms with Gasteiger partial charge in [0.2, 0.25) is 10.0 Å². The second-order valence-corrected chi connectivity index (χ2v) is 9.34. The molecule has 1 heterocycles. The molecule has 0 aromatic heterocycles. The van der Waals surface area contributed by atoms with Gasteiger partial charge in [0.1, 0.15) is 0 Å². The Labute approximate surface area is 193 Å². The summed E-state index contributed by atoms with van der Waals surface area (Å²) in [5.41, 5.74) is 3.18. The predicted molar refractivity (Wildman–Crippen MR) is 114 cm³/mol. The average molecular weight is 498 g/mol. The number of halogens is 3. The molecule has 2 aromatic rings. The van der Waals surface area contributed by atoms with E-state index in [2.05, 4.69) is 16.2 Å². The number of hydrogen-bond donors (Lipinski definition) is 3. The molecule has 3 amide bonds. The first-order chi connectivity index (χ1) is 16.0. The van der Waals surface area contributed by atoms with Gasteiger partial charge < -0.3 is 5.32 Å². The number of carbonyl (C=O) groups is 3. The van der Waals surface area contributed by atoms with Gasteiger partial charge in [0.05, 0.1) is 17.0 Å². The Morgan fingerprint density at radius 2 is 1.53 bits per heavy atom. The first kappa shape index (κ1) is 25.2. The zero-order valence-corrected chi connectivity index (χ0v) is 18.5. The second kappa shape index (κ2) is 10.2. The third-order valence-electron chi connectivity index (χ3n) is 5.00. The molecule has 9 nitrogen and oxygen atoms in total. The third kappa shape index (κ3) is 6.11. The molecule has 1 saturated heterocycles. The predicted octanol–water partition coefficient (Wildman–Crippen LogP) is 1.68. The third-order valence-corrected chi connectivity index (χ3v) is 6.89. The maximum Gasteiger partial charge on any atom is 0.416 e. The molecule has 0 spiro atoms. The average Bonchev–Trinajstić information content (AvgIpc) is 3.36. The summed E-state index contributed by atoms with van der Waals surface area (Å²) in [5, 5.41) is 2.21. The van der Waals surface area contributed by atoms with Crippen LogP contribution < -0.4 is 16.2 Å². The van der Waals surface area contributed by atoms with Crippen molar-refractivity contribution in [3.8, 4) is 0 Å². The van der Waals surface area contributed by atoms with Gasteiger partial charge in [-0.2, -0.15) is 17.5 Å². The summed E-state index contributed by atoms with van der Waals surface area (Å²) in [4.78, 5) is 36.2.